The summed E-state index contributed by atoms with van der Waals surface area (Å²) in [4.78, 5) is 35.9. The molecule has 0 heterocycles. The van der Waals surface area contributed by atoms with Crippen LogP contribution >= 0.6 is 0 Å². The maximum atomic E-state index is 12.6. The summed E-state index contributed by atoms with van der Waals surface area (Å²) in [5.74, 6) is -1.19. The number of ether oxygens (including phenoxy) is 1. The van der Waals surface area contributed by atoms with E-state index in [0.717, 1.165) is 11.1 Å². The van der Waals surface area contributed by atoms with Gasteiger partial charge >= 0.3 is 12.1 Å². The van der Waals surface area contributed by atoms with Crippen LogP contribution in [0.3, 0.4) is 0 Å². The molecule has 7 nitrogen and oxygen atoms in total. The van der Waals surface area contributed by atoms with Crippen LogP contribution < -0.4 is 10.6 Å². The summed E-state index contributed by atoms with van der Waals surface area (Å²) in [6, 6.07) is 15.9. The highest BCUT2D eigenvalue weighted by Gasteiger charge is 2.30. The van der Waals surface area contributed by atoms with Crippen molar-refractivity contribution in [3.8, 4) is 11.1 Å². The van der Waals surface area contributed by atoms with E-state index in [0.29, 0.717) is 6.42 Å². The first-order valence-corrected chi connectivity index (χ1v) is 11.7. The molecule has 0 unspecified atom stereocenters. The van der Waals surface area contributed by atoms with Crippen LogP contribution in [-0.4, -0.2) is 41.3 Å². The summed E-state index contributed by atoms with van der Waals surface area (Å²) in [5, 5.41) is 14.7. The molecule has 34 heavy (non-hydrogen) atoms. The van der Waals surface area contributed by atoms with E-state index in [9.17, 15) is 14.4 Å². The molecule has 0 aromatic heterocycles. The molecule has 0 aliphatic heterocycles. The molecule has 0 saturated carbocycles. The van der Waals surface area contributed by atoms with Crippen molar-refractivity contribution in [3.05, 3.63) is 59.7 Å². The molecule has 1 atom stereocenters. The smallest absolute Gasteiger partial charge is 0.407 e. The second-order valence-electron chi connectivity index (χ2n) is 9.85. The molecule has 0 fully saturated rings. The van der Waals surface area contributed by atoms with Crippen molar-refractivity contribution in [2.45, 2.75) is 64.5 Å². The minimum Gasteiger partial charge on any atom is -0.481 e. The zero-order chi connectivity index (χ0) is 24.9. The molecular weight excluding hydrogens is 432 g/mol. The molecule has 2 amide bonds. The molecular formula is C27H34N2O5. The van der Waals surface area contributed by atoms with Crippen molar-refractivity contribution in [3.63, 3.8) is 0 Å². The number of carbonyl (C=O) groups excluding carboxylic acids is 2. The minimum atomic E-state index is -0.948. The van der Waals surface area contributed by atoms with E-state index >= 15 is 0 Å². The number of carboxylic acids is 1. The van der Waals surface area contributed by atoms with Gasteiger partial charge in [-0.2, -0.15) is 0 Å². The van der Waals surface area contributed by atoms with Crippen molar-refractivity contribution in [2.75, 3.05) is 6.61 Å². The Morgan fingerprint density at radius 2 is 1.56 bits per heavy atom. The fourth-order valence-electron chi connectivity index (χ4n) is 4.32. The Bertz CT molecular complexity index is 1000. The van der Waals surface area contributed by atoms with Gasteiger partial charge in [-0.1, -0.05) is 62.4 Å². The zero-order valence-electron chi connectivity index (χ0n) is 20.3. The van der Waals surface area contributed by atoms with Gasteiger partial charge in [0.2, 0.25) is 5.91 Å². The predicted octanol–water partition coefficient (Wildman–Crippen LogP) is 4.70. The third-order valence-corrected chi connectivity index (χ3v) is 6.31. The molecule has 0 saturated heterocycles. The van der Waals surface area contributed by atoms with Gasteiger partial charge in [0.25, 0.3) is 0 Å². The fourth-order valence-corrected chi connectivity index (χ4v) is 4.32. The standard InChI is InChI=1S/C27H34N2O5/c1-17(2)23(15-25(31)32)28-24(30)13-14-27(3,4)29-26(33)34-16-22-20-11-7-5-9-18(20)19-10-6-8-12-21(19)22/h5-12,17,22-23H,13-16H2,1-4H3,(H,28,30)(H,29,33)(H,31,32)/t23-/m1/s1. The SMILES string of the molecule is CC(C)[C@@H](CC(=O)O)NC(=O)CCC(C)(C)NC(=O)OCC1c2ccccc2-c2ccccc21. The predicted molar refractivity (Wildman–Crippen MR) is 131 cm³/mol. The number of carbonyl (C=O) groups is 3. The monoisotopic (exact) mass is 466 g/mol. The number of alkyl carbamates (subject to hydrolysis) is 1. The number of amides is 2. The molecule has 1 aliphatic rings. The normalized spacial score (nSPS) is 13.7. The van der Waals surface area contributed by atoms with Gasteiger partial charge in [0, 0.05) is 23.9 Å². The van der Waals surface area contributed by atoms with Crippen LogP contribution in [0.2, 0.25) is 0 Å². The van der Waals surface area contributed by atoms with Crippen LogP contribution in [0.1, 0.15) is 64.0 Å². The molecule has 0 bridgehead atoms. The molecule has 3 N–H and O–H groups in total. The molecule has 182 valence electrons. The number of nitrogens with one attached hydrogen (secondary N) is 2. The van der Waals surface area contributed by atoms with E-state index in [1.807, 2.05) is 52.0 Å². The lowest BCUT2D eigenvalue weighted by molar-refractivity contribution is -0.138. The second kappa shape index (κ2) is 10.7. The largest absolute Gasteiger partial charge is 0.481 e. The maximum absolute atomic E-state index is 12.6. The summed E-state index contributed by atoms with van der Waals surface area (Å²) in [6.07, 6.45) is -0.0937. The van der Waals surface area contributed by atoms with Gasteiger partial charge in [0.1, 0.15) is 6.61 Å². The Morgan fingerprint density at radius 3 is 2.09 bits per heavy atom. The van der Waals surface area contributed by atoms with Crippen LogP contribution in [0.15, 0.2) is 48.5 Å². The molecule has 0 spiro atoms. The highest BCUT2D eigenvalue weighted by molar-refractivity contribution is 5.79. The molecule has 1 aliphatic carbocycles. The van der Waals surface area contributed by atoms with Crippen molar-refractivity contribution in [1.29, 1.82) is 0 Å². The summed E-state index contributed by atoms with van der Waals surface area (Å²) in [6.45, 7) is 7.63. The Hall–Kier alpha value is -3.35. The van der Waals surface area contributed by atoms with Crippen LogP contribution in [0.25, 0.3) is 11.1 Å². The number of benzene rings is 2. The number of fused-ring (bicyclic) bond motifs is 3. The quantitative estimate of drug-likeness (QED) is 0.471. The van der Waals surface area contributed by atoms with Crippen molar-refractivity contribution < 1.29 is 24.2 Å². The molecule has 7 heteroatoms. The van der Waals surface area contributed by atoms with Crippen molar-refractivity contribution in [1.82, 2.24) is 10.6 Å². The van der Waals surface area contributed by atoms with Crippen LogP contribution in [0.5, 0.6) is 0 Å². The van der Waals surface area contributed by atoms with Gasteiger partial charge in [0.15, 0.2) is 0 Å². The Labute approximate surface area is 200 Å². The number of rotatable bonds is 10. The Balaban J connectivity index is 1.52. The van der Waals surface area contributed by atoms with Crippen LogP contribution in [0, 0.1) is 5.92 Å². The average molecular weight is 467 g/mol. The first-order chi connectivity index (χ1) is 16.1. The van der Waals surface area contributed by atoms with Gasteiger partial charge in [-0.15, -0.1) is 0 Å². The topological polar surface area (TPSA) is 105 Å². The number of hydrogen-bond donors (Lipinski definition) is 3. The van der Waals surface area contributed by atoms with E-state index < -0.39 is 23.6 Å². The van der Waals surface area contributed by atoms with Gasteiger partial charge in [-0.25, -0.2) is 4.79 Å². The van der Waals surface area contributed by atoms with Gasteiger partial charge in [0.05, 0.1) is 6.42 Å². The summed E-state index contributed by atoms with van der Waals surface area (Å²) >= 11 is 0. The van der Waals surface area contributed by atoms with E-state index in [1.165, 1.54) is 11.1 Å². The highest BCUT2D eigenvalue weighted by atomic mass is 16.5. The molecule has 2 aromatic rings. The maximum Gasteiger partial charge on any atom is 0.407 e. The lowest BCUT2D eigenvalue weighted by atomic mass is 9.97. The van der Waals surface area contributed by atoms with E-state index in [2.05, 4.69) is 34.9 Å². The Morgan fingerprint density at radius 1 is 1.00 bits per heavy atom. The number of aliphatic carboxylic acids is 1. The van der Waals surface area contributed by atoms with Gasteiger partial charge in [-0.3, -0.25) is 9.59 Å². The second-order valence-corrected chi connectivity index (χ2v) is 9.85. The lowest BCUT2D eigenvalue weighted by Gasteiger charge is -2.27. The van der Waals surface area contributed by atoms with E-state index in [-0.39, 0.29) is 37.2 Å². The first kappa shape index (κ1) is 25.3. The fraction of sp³-hybridized carbons (Fsp3) is 0.444. The van der Waals surface area contributed by atoms with E-state index in [4.69, 9.17) is 9.84 Å². The zero-order valence-corrected chi connectivity index (χ0v) is 20.3. The van der Waals surface area contributed by atoms with Gasteiger partial charge in [-0.05, 0) is 48.4 Å². The lowest BCUT2D eigenvalue weighted by Crippen LogP contribution is -2.46. The minimum absolute atomic E-state index is 0.00649. The summed E-state index contributed by atoms with van der Waals surface area (Å²) in [7, 11) is 0. The third kappa shape index (κ3) is 6.37. The number of hydrogen-bond acceptors (Lipinski definition) is 4. The van der Waals surface area contributed by atoms with Crippen LogP contribution in [-0.2, 0) is 14.3 Å². The molecule has 2 aromatic carbocycles. The number of carboxylic acid groups (broad SMARTS) is 1. The summed E-state index contributed by atoms with van der Waals surface area (Å²) < 4.78 is 5.61. The Kier molecular flexibility index (Phi) is 7.97. The molecule has 0 radical (unpaired) electrons. The van der Waals surface area contributed by atoms with E-state index in [1.54, 1.807) is 0 Å². The molecule has 3 rings (SSSR count). The van der Waals surface area contributed by atoms with Crippen molar-refractivity contribution in [2.24, 2.45) is 5.92 Å². The third-order valence-electron chi connectivity index (χ3n) is 6.31. The van der Waals surface area contributed by atoms with Crippen LogP contribution in [0.4, 0.5) is 4.79 Å². The average Bonchev–Trinajstić information content (AvgIpc) is 3.09. The first-order valence-electron chi connectivity index (χ1n) is 11.7. The summed E-state index contributed by atoms with van der Waals surface area (Å²) in [5.41, 5.74) is 3.96. The highest BCUT2D eigenvalue weighted by Crippen LogP contribution is 2.44. The van der Waals surface area contributed by atoms with Crippen molar-refractivity contribution >= 4 is 18.0 Å². The van der Waals surface area contributed by atoms with Gasteiger partial charge < -0.3 is 20.5 Å².